The maximum Gasteiger partial charge on any atom is 0.222 e. The molecule has 3 aliphatic rings. The van der Waals surface area contributed by atoms with Crippen LogP contribution in [0.3, 0.4) is 0 Å². The van der Waals surface area contributed by atoms with Crippen LogP contribution >= 0.6 is 0 Å². The van der Waals surface area contributed by atoms with Gasteiger partial charge in [-0.15, -0.1) is 0 Å². The second-order valence-corrected chi connectivity index (χ2v) is 8.07. The first-order valence-electron chi connectivity index (χ1n) is 9.97. The van der Waals surface area contributed by atoms with Gasteiger partial charge < -0.3 is 14.4 Å². The molecule has 1 spiro atoms. The first kappa shape index (κ1) is 17.8. The standard InChI is InChI=1S/C21H30N2O3/c1-25-18-6-2-5-17(13-18)14-22-12-10-21(16-22)9-3-7-19(26-21)15-23-11-4-8-20(23)24/h2,5-6,13,19H,3-4,7-12,14-16H2,1H3/t19-,21+/m0/s1. The summed E-state index contributed by atoms with van der Waals surface area (Å²) in [6, 6.07) is 8.33. The van der Waals surface area contributed by atoms with Crippen molar-refractivity contribution in [3.05, 3.63) is 29.8 Å². The number of rotatable bonds is 5. The molecule has 142 valence electrons. The number of ether oxygens (including phenoxy) is 2. The normalized spacial score (nSPS) is 29.7. The molecule has 3 fully saturated rings. The summed E-state index contributed by atoms with van der Waals surface area (Å²) in [6.45, 7) is 4.71. The third kappa shape index (κ3) is 3.89. The first-order valence-corrected chi connectivity index (χ1v) is 9.97. The molecule has 0 aromatic heterocycles. The molecule has 0 bridgehead atoms. The summed E-state index contributed by atoms with van der Waals surface area (Å²) in [6.07, 6.45) is 6.47. The number of hydrogen-bond acceptors (Lipinski definition) is 4. The molecule has 1 amide bonds. The van der Waals surface area contributed by atoms with E-state index in [-0.39, 0.29) is 11.7 Å². The van der Waals surface area contributed by atoms with E-state index in [0.717, 1.165) is 64.2 Å². The fourth-order valence-corrected chi connectivity index (χ4v) is 4.79. The zero-order valence-corrected chi connectivity index (χ0v) is 15.8. The van der Waals surface area contributed by atoms with Crippen LogP contribution in [0.5, 0.6) is 5.75 Å². The highest BCUT2D eigenvalue weighted by molar-refractivity contribution is 5.78. The second kappa shape index (κ2) is 7.57. The van der Waals surface area contributed by atoms with Crippen molar-refractivity contribution < 1.29 is 14.3 Å². The number of carbonyl (C=O) groups excluding carboxylic acids is 1. The molecule has 0 saturated carbocycles. The smallest absolute Gasteiger partial charge is 0.222 e. The number of amides is 1. The quantitative estimate of drug-likeness (QED) is 0.812. The van der Waals surface area contributed by atoms with Gasteiger partial charge in [-0.3, -0.25) is 9.69 Å². The molecule has 0 unspecified atom stereocenters. The van der Waals surface area contributed by atoms with Gasteiger partial charge in [-0.05, 0) is 49.8 Å². The molecule has 3 saturated heterocycles. The third-order valence-corrected chi connectivity index (χ3v) is 6.11. The highest BCUT2D eigenvalue weighted by Crippen LogP contribution is 2.37. The predicted octanol–water partition coefficient (Wildman–Crippen LogP) is 2.83. The fraction of sp³-hybridized carbons (Fsp3) is 0.667. The van der Waals surface area contributed by atoms with Crippen LogP contribution in [0.25, 0.3) is 0 Å². The molecule has 0 radical (unpaired) electrons. The Hall–Kier alpha value is -1.59. The zero-order valence-electron chi connectivity index (χ0n) is 15.8. The Morgan fingerprint density at radius 3 is 3.00 bits per heavy atom. The van der Waals surface area contributed by atoms with E-state index in [0.29, 0.717) is 12.3 Å². The van der Waals surface area contributed by atoms with Crippen LogP contribution in [-0.4, -0.2) is 60.7 Å². The van der Waals surface area contributed by atoms with Gasteiger partial charge in [0.25, 0.3) is 0 Å². The number of carbonyl (C=O) groups is 1. The van der Waals surface area contributed by atoms with Crippen molar-refractivity contribution in [2.45, 2.75) is 56.8 Å². The Morgan fingerprint density at radius 2 is 2.19 bits per heavy atom. The van der Waals surface area contributed by atoms with Crippen LogP contribution in [0.1, 0.15) is 44.1 Å². The lowest BCUT2D eigenvalue weighted by molar-refractivity contribution is -0.142. The Bertz CT molecular complexity index is 650. The van der Waals surface area contributed by atoms with Crippen LogP contribution in [0.2, 0.25) is 0 Å². The summed E-state index contributed by atoms with van der Waals surface area (Å²) in [4.78, 5) is 16.4. The van der Waals surface area contributed by atoms with Crippen molar-refractivity contribution >= 4 is 5.91 Å². The van der Waals surface area contributed by atoms with E-state index in [4.69, 9.17) is 9.47 Å². The van der Waals surface area contributed by atoms with Crippen molar-refractivity contribution in [2.24, 2.45) is 0 Å². The fourth-order valence-electron chi connectivity index (χ4n) is 4.79. The van der Waals surface area contributed by atoms with E-state index in [1.165, 1.54) is 12.0 Å². The van der Waals surface area contributed by atoms with Gasteiger partial charge in [0.15, 0.2) is 0 Å². The molecule has 2 atom stereocenters. The zero-order chi connectivity index (χ0) is 18.0. The van der Waals surface area contributed by atoms with E-state index in [2.05, 4.69) is 23.1 Å². The number of methoxy groups -OCH3 is 1. The van der Waals surface area contributed by atoms with Crippen LogP contribution in [-0.2, 0) is 16.1 Å². The topological polar surface area (TPSA) is 42.0 Å². The molecule has 4 rings (SSSR count). The SMILES string of the molecule is COc1cccc(CN2CC[C@]3(CCC[C@@H](CN4CCCC4=O)O3)C2)c1. The molecule has 1 aromatic rings. The number of nitrogens with zero attached hydrogens (tertiary/aromatic N) is 2. The van der Waals surface area contributed by atoms with Gasteiger partial charge in [-0.2, -0.15) is 0 Å². The average molecular weight is 358 g/mol. The van der Waals surface area contributed by atoms with Gasteiger partial charge in [0.05, 0.1) is 18.8 Å². The maximum absolute atomic E-state index is 11.9. The van der Waals surface area contributed by atoms with Crippen molar-refractivity contribution in [1.29, 1.82) is 0 Å². The molecule has 5 nitrogen and oxygen atoms in total. The van der Waals surface area contributed by atoms with Gasteiger partial charge in [0.2, 0.25) is 5.91 Å². The minimum Gasteiger partial charge on any atom is -0.497 e. The van der Waals surface area contributed by atoms with E-state index in [9.17, 15) is 4.79 Å². The Kier molecular flexibility index (Phi) is 5.18. The average Bonchev–Trinajstić information content (AvgIpc) is 3.22. The summed E-state index contributed by atoms with van der Waals surface area (Å²) in [5.41, 5.74) is 1.28. The summed E-state index contributed by atoms with van der Waals surface area (Å²) in [5.74, 6) is 1.22. The minimum absolute atomic E-state index is 0.00937. The largest absolute Gasteiger partial charge is 0.497 e. The van der Waals surface area contributed by atoms with E-state index in [1.807, 2.05) is 11.0 Å². The summed E-state index contributed by atoms with van der Waals surface area (Å²) < 4.78 is 11.9. The lowest BCUT2D eigenvalue weighted by atomic mass is 9.90. The summed E-state index contributed by atoms with van der Waals surface area (Å²) in [5, 5.41) is 0. The molecule has 0 aliphatic carbocycles. The second-order valence-electron chi connectivity index (χ2n) is 8.07. The molecule has 0 N–H and O–H groups in total. The van der Waals surface area contributed by atoms with Gasteiger partial charge in [0, 0.05) is 39.1 Å². The highest BCUT2D eigenvalue weighted by Gasteiger charge is 2.43. The van der Waals surface area contributed by atoms with E-state index >= 15 is 0 Å². The van der Waals surface area contributed by atoms with Crippen LogP contribution in [0, 0.1) is 0 Å². The number of likely N-dealkylation sites (tertiary alicyclic amines) is 2. The Balaban J connectivity index is 1.34. The third-order valence-electron chi connectivity index (χ3n) is 6.11. The maximum atomic E-state index is 11.9. The monoisotopic (exact) mass is 358 g/mol. The number of hydrogen-bond donors (Lipinski definition) is 0. The Morgan fingerprint density at radius 1 is 1.27 bits per heavy atom. The molecule has 3 heterocycles. The molecular formula is C21H30N2O3. The molecule has 26 heavy (non-hydrogen) atoms. The molecule has 5 heteroatoms. The first-order chi connectivity index (χ1) is 12.7. The van der Waals surface area contributed by atoms with Crippen LogP contribution in [0.4, 0.5) is 0 Å². The molecule has 1 aromatic carbocycles. The number of benzene rings is 1. The summed E-state index contributed by atoms with van der Waals surface area (Å²) in [7, 11) is 1.71. The predicted molar refractivity (Wildman–Crippen MR) is 100 cm³/mol. The highest BCUT2D eigenvalue weighted by atomic mass is 16.5. The van der Waals surface area contributed by atoms with Crippen molar-refractivity contribution in [3.8, 4) is 5.75 Å². The van der Waals surface area contributed by atoms with Crippen molar-refractivity contribution in [1.82, 2.24) is 9.80 Å². The van der Waals surface area contributed by atoms with Gasteiger partial charge in [-0.1, -0.05) is 12.1 Å². The lowest BCUT2D eigenvalue weighted by Gasteiger charge is -2.40. The van der Waals surface area contributed by atoms with Gasteiger partial charge >= 0.3 is 0 Å². The van der Waals surface area contributed by atoms with Crippen molar-refractivity contribution in [3.63, 3.8) is 0 Å². The summed E-state index contributed by atoms with van der Waals surface area (Å²) >= 11 is 0. The minimum atomic E-state index is -0.00937. The van der Waals surface area contributed by atoms with Gasteiger partial charge in [-0.25, -0.2) is 0 Å². The lowest BCUT2D eigenvalue weighted by Crippen LogP contribution is -2.47. The van der Waals surface area contributed by atoms with Crippen LogP contribution < -0.4 is 4.74 Å². The van der Waals surface area contributed by atoms with Crippen LogP contribution in [0.15, 0.2) is 24.3 Å². The van der Waals surface area contributed by atoms with E-state index < -0.39 is 0 Å². The van der Waals surface area contributed by atoms with Crippen molar-refractivity contribution in [2.75, 3.05) is 33.3 Å². The molecular weight excluding hydrogens is 328 g/mol. The Labute approximate surface area is 156 Å². The van der Waals surface area contributed by atoms with E-state index in [1.54, 1.807) is 7.11 Å². The van der Waals surface area contributed by atoms with Gasteiger partial charge in [0.1, 0.15) is 5.75 Å². The molecule has 3 aliphatic heterocycles.